The van der Waals surface area contributed by atoms with Gasteiger partial charge in [-0.3, -0.25) is 4.90 Å². The summed E-state index contributed by atoms with van der Waals surface area (Å²) in [4.78, 5) is 10.7. The van der Waals surface area contributed by atoms with Crippen LogP contribution in [-0.2, 0) is 6.54 Å². The predicted octanol–water partition coefficient (Wildman–Crippen LogP) is 3.37. The Morgan fingerprint density at radius 3 is 3.00 bits per heavy atom. The third-order valence-electron chi connectivity index (χ3n) is 3.82. The van der Waals surface area contributed by atoms with E-state index in [1.54, 1.807) is 6.33 Å². The van der Waals surface area contributed by atoms with Crippen LogP contribution in [0.25, 0.3) is 0 Å². The molecule has 1 saturated heterocycles. The summed E-state index contributed by atoms with van der Waals surface area (Å²) in [6, 6.07) is 7.55. The zero-order chi connectivity index (χ0) is 15.5. The standard InChI is InChI=1S/C16H18BrFN4/c1-11-6-16(20-10-19-11)21-13-4-5-22(9-13)8-12-2-3-15(18)14(17)7-12/h2-3,6-7,10,13H,4-5,8-9H2,1H3,(H,19,20,21). The molecule has 0 bridgehead atoms. The van der Waals surface area contributed by atoms with Gasteiger partial charge in [-0.15, -0.1) is 0 Å². The minimum atomic E-state index is -0.219. The van der Waals surface area contributed by atoms with Gasteiger partial charge in [-0.2, -0.15) is 0 Å². The van der Waals surface area contributed by atoms with Crippen molar-refractivity contribution in [2.75, 3.05) is 18.4 Å². The Morgan fingerprint density at radius 2 is 2.23 bits per heavy atom. The molecule has 2 aromatic rings. The molecule has 0 aliphatic carbocycles. The summed E-state index contributed by atoms with van der Waals surface area (Å²) in [5.74, 6) is 0.660. The number of rotatable bonds is 4. The van der Waals surface area contributed by atoms with Gasteiger partial charge in [0.15, 0.2) is 0 Å². The lowest BCUT2D eigenvalue weighted by Crippen LogP contribution is -2.26. The second kappa shape index (κ2) is 6.71. The zero-order valence-electron chi connectivity index (χ0n) is 12.4. The first-order valence-electron chi connectivity index (χ1n) is 7.31. The number of nitrogens with zero attached hydrogens (tertiary/aromatic N) is 3. The number of likely N-dealkylation sites (tertiary alicyclic amines) is 1. The van der Waals surface area contributed by atoms with Gasteiger partial charge in [0.1, 0.15) is 18.0 Å². The van der Waals surface area contributed by atoms with Crippen LogP contribution < -0.4 is 5.32 Å². The Morgan fingerprint density at radius 1 is 1.36 bits per heavy atom. The van der Waals surface area contributed by atoms with E-state index in [0.29, 0.717) is 10.5 Å². The summed E-state index contributed by atoms with van der Waals surface area (Å²) in [6.45, 7) is 4.77. The van der Waals surface area contributed by atoms with Crippen LogP contribution in [0.1, 0.15) is 17.7 Å². The molecule has 22 heavy (non-hydrogen) atoms. The summed E-state index contributed by atoms with van der Waals surface area (Å²) in [5, 5.41) is 3.46. The van der Waals surface area contributed by atoms with Crippen molar-refractivity contribution < 1.29 is 4.39 Å². The highest BCUT2D eigenvalue weighted by molar-refractivity contribution is 9.10. The highest BCUT2D eigenvalue weighted by atomic mass is 79.9. The summed E-state index contributed by atoms with van der Waals surface area (Å²) in [7, 11) is 0. The number of hydrogen-bond acceptors (Lipinski definition) is 4. The molecule has 1 aliphatic heterocycles. The van der Waals surface area contributed by atoms with Crippen molar-refractivity contribution in [1.82, 2.24) is 14.9 Å². The summed E-state index contributed by atoms with van der Waals surface area (Å²) in [6.07, 6.45) is 2.66. The molecule has 6 heteroatoms. The van der Waals surface area contributed by atoms with Gasteiger partial charge in [-0.05, 0) is 47.0 Å². The number of benzene rings is 1. The van der Waals surface area contributed by atoms with E-state index in [1.807, 2.05) is 25.1 Å². The molecule has 4 nitrogen and oxygen atoms in total. The highest BCUT2D eigenvalue weighted by Gasteiger charge is 2.22. The van der Waals surface area contributed by atoms with Crippen LogP contribution in [0.2, 0.25) is 0 Å². The Bertz CT molecular complexity index is 664. The summed E-state index contributed by atoms with van der Waals surface area (Å²) < 4.78 is 13.8. The van der Waals surface area contributed by atoms with Crippen molar-refractivity contribution in [1.29, 1.82) is 0 Å². The minimum Gasteiger partial charge on any atom is -0.366 e. The number of anilines is 1. The van der Waals surface area contributed by atoms with E-state index in [1.165, 1.54) is 6.07 Å². The molecule has 1 atom stereocenters. The van der Waals surface area contributed by atoms with Crippen molar-refractivity contribution >= 4 is 21.7 Å². The molecule has 3 rings (SSSR count). The van der Waals surface area contributed by atoms with Gasteiger partial charge in [0.05, 0.1) is 4.47 Å². The van der Waals surface area contributed by atoms with E-state index in [-0.39, 0.29) is 5.82 Å². The molecule has 1 unspecified atom stereocenters. The quantitative estimate of drug-likeness (QED) is 0.902. The zero-order valence-corrected chi connectivity index (χ0v) is 14.0. The fourth-order valence-corrected chi connectivity index (χ4v) is 3.16. The third-order valence-corrected chi connectivity index (χ3v) is 4.43. The summed E-state index contributed by atoms with van der Waals surface area (Å²) in [5.41, 5.74) is 2.08. The van der Waals surface area contributed by atoms with E-state index < -0.39 is 0 Å². The van der Waals surface area contributed by atoms with Gasteiger partial charge in [-0.25, -0.2) is 14.4 Å². The van der Waals surface area contributed by atoms with E-state index in [2.05, 4.69) is 36.1 Å². The number of halogens is 2. The Labute approximate surface area is 137 Å². The maximum Gasteiger partial charge on any atom is 0.137 e. The normalized spacial score (nSPS) is 18.6. The molecule has 0 amide bonds. The lowest BCUT2D eigenvalue weighted by atomic mass is 10.2. The van der Waals surface area contributed by atoms with Gasteiger partial charge < -0.3 is 5.32 Å². The average Bonchev–Trinajstić information content (AvgIpc) is 2.90. The highest BCUT2D eigenvalue weighted by Crippen LogP contribution is 2.21. The number of nitrogens with one attached hydrogen (secondary N) is 1. The number of aromatic nitrogens is 2. The van der Waals surface area contributed by atoms with Gasteiger partial charge in [-0.1, -0.05) is 6.07 Å². The minimum absolute atomic E-state index is 0.219. The first-order chi connectivity index (χ1) is 10.6. The van der Waals surface area contributed by atoms with Crippen LogP contribution in [0, 0.1) is 12.7 Å². The molecule has 1 aromatic heterocycles. The maximum atomic E-state index is 13.3. The Kier molecular flexibility index (Phi) is 4.69. The fraction of sp³-hybridized carbons (Fsp3) is 0.375. The van der Waals surface area contributed by atoms with Gasteiger partial charge in [0.2, 0.25) is 0 Å². The van der Waals surface area contributed by atoms with Crippen LogP contribution in [0.4, 0.5) is 10.2 Å². The molecule has 116 valence electrons. The monoisotopic (exact) mass is 364 g/mol. The molecule has 1 aliphatic rings. The molecular weight excluding hydrogens is 347 g/mol. The third kappa shape index (κ3) is 3.81. The predicted molar refractivity (Wildman–Crippen MR) is 88.2 cm³/mol. The van der Waals surface area contributed by atoms with Gasteiger partial charge in [0.25, 0.3) is 0 Å². The van der Waals surface area contributed by atoms with Crippen LogP contribution in [0.3, 0.4) is 0 Å². The fourth-order valence-electron chi connectivity index (χ4n) is 2.73. The smallest absolute Gasteiger partial charge is 0.137 e. The molecule has 0 spiro atoms. The molecule has 1 aromatic carbocycles. The second-order valence-corrected chi connectivity index (χ2v) is 6.51. The molecule has 0 radical (unpaired) electrons. The van der Waals surface area contributed by atoms with Crippen LogP contribution >= 0.6 is 15.9 Å². The van der Waals surface area contributed by atoms with E-state index in [9.17, 15) is 4.39 Å². The topological polar surface area (TPSA) is 41.0 Å². The van der Waals surface area contributed by atoms with E-state index in [0.717, 1.165) is 43.1 Å². The number of aryl methyl sites for hydroxylation is 1. The Balaban J connectivity index is 1.57. The molecule has 1 fully saturated rings. The van der Waals surface area contributed by atoms with Crippen molar-refractivity contribution in [3.63, 3.8) is 0 Å². The van der Waals surface area contributed by atoms with Crippen molar-refractivity contribution in [2.45, 2.75) is 25.9 Å². The second-order valence-electron chi connectivity index (χ2n) is 5.66. The molecular formula is C16H18BrFN4. The van der Waals surface area contributed by atoms with Crippen LogP contribution in [0.15, 0.2) is 35.1 Å². The Hall–Kier alpha value is -1.53. The van der Waals surface area contributed by atoms with Crippen molar-refractivity contribution in [2.24, 2.45) is 0 Å². The van der Waals surface area contributed by atoms with E-state index in [4.69, 9.17) is 0 Å². The first-order valence-corrected chi connectivity index (χ1v) is 8.11. The SMILES string of the molecule is Cc1cc(NC2CCN(Cc3ccc(F)c(Br)c3)C2)ncn1. The van der Waals surface area contributed by atoms with Crippen LogP contribution in [0.5, 0.6) is 0 Å². The van der Waals surface area contributed by atoms with Gasteiger partial charge >= 0.3 is 0 Å². The van der Waals surface area contributed by atoms with E-state index >= 15 is 0 Å². The molecule has 0 saturated carbocycles. The van der Waals surface area contributed by atoms with Crippen molar-refractivity contribution in [3.05, 3.63) is 52.1 Å². The maximum absolute atomic E-state index is 13.3. The van der Waals surface area contributed by atoms with Gasteiger partial charge in [0, 0.05) is 37.4 Å². The van der Waals surface area contributed by atoms with Crippen LogP contribution in [-0.4, -0.2) is 34.0 Å². The number of hydrogen-bond donors (Lipinski definition) is 1. The largest absolute Gasteiger partial charge is 0.366 e. The molecule has 1 N–H and O–H groups in total. The summed E-state index contributed by atoms with van der Waals surface area (Å²) >= 11 is 3.24. The molecule has 2 heterocycles. The lowest BCUT2D eigenvalue weighted by Gasteiger charge is -2.17. The first kappa shape index (κ1) is 15.4. The van der Waals surface area contributed by atoms with Crippen molar-refractivity contribution in [3.8, 4) is 0 Å². The average molecular weight is 365 g/mol. The lowest BCUT2D eigenvalue weighted by molar-refractivity contribution is 0.328.